The zero-order valence-electron chi connectivity index (χ0n) is 11.4. The number of carbonyl (C=O) groups excluding carboxylic acids is 1. The van der Waals surface area contributed by atoms with E-state index < -0.39 is 10.8 Å². The number of carbonyl (C=O) groups is 1. The molecule has 0 spiro atoms. The summed E-state index contributed by atoms with van der Waals surface area (Å²) < 4.78 is 5.27. The first-order valence-electron chi connectivity index (χ1n) is 6.14. The Kier molecular flexibility index (Phi) is 5.88. The van der Waals surface area contributed by atoms with Crippen LogP contribution in [0.5, 0.6) is 0 Å². The maximum absolute atomic E-state index is 12.0. The molecule has 1 unspecified atom stereocenters. The van der Waals surface area contributed by atoms with E-state index in [1.165, 1.54) is 18.2 Å². The summed E-state index contributed by atoms with van der Waals surface area (Å²) in [5, 5.41) is 13.5. The predicted molar refractivity (Wildman–Crippen MR) is 74.3 cm³/mol. The van der Waals surface area contributed by atoms with Gasteiger partial charge < -0.3 is 15.5 Å². The van der Waals surface area contributed by atoms with E-state index in [4.69, 9.17) is 10.6 Å². The van der Waals surface area contributed by atoms with E-state index in [0.717, 1.165) is 0 Å². The van der Waals surface area contributed by atoms with Gasteiger partial charge >= 0.3 is 0 Å². The minimum Gasteiger partial charge on any atom is -0.377 e. The van der Waals surface area contributed by atoms with E-state index in [-0.39, 0.29) is 23.9 Å². The Balaban J connectivity index is 2.87. The number of nitrogens with zero attached hydrogens (tertiary/aromatic N) is 1. The molecule has 0 saturated heterocycles. The van der Waals surface area contributed by atoms with Gasteiger partial charge in [-0.2, -0.15) is 0 Å². The van der Waals surface area contributed by atoms with E-state index >= 15 is 0 Å². The lowest BCUT2D eigenvalue weighted by Crippen LogP contribution is -2.32. The topological polar surface area (TPSA) is 120 Å². The third-order valence-electron chi connectivity index (χ3n) is 2.61. The third kappa shape index (κ3) is 4.18. The number of benzene rings is 1. The quantitative estimate of drug-likeness (QED) is 0.390. The normalized spacial score (nSPS) is 11.8. The average Bonchev–Trinajstić information content (AvgIpc) is 2.44. The Morgan fingerprint density at radius 1 is 1.55 bits per heavy atom. The first-order chi connectivity index (χ1) is 9.49. The molecule has 0 aromatic heterocycles. The van der Waals surface area contributed by atoms with Crippen LogP contribution in [0.3, 0.4) is 0 Å². The van der Waals surface area contributed by atoms with Crippen LogP contribution in [-0.4, -0.2) is 30.1 Å². The highest BCUT2D eigenvalue weighted by molar-refractivity contribution is 5.99. The van der Waals surface area contributed by atoms with Gasteiger partial charge in [0.1, 0.15) is 5.56 Å². The summed E-state index contributed by atoms with van der Waals surface area (Å²) in [5.41, 5.74) is 2.44. The molecular weight excluding hydrogens is 264 g/mol. The van der Waals surface area contributed by atoms with E-state index in [0.29, 0.717) is 12.3 Å². The standard InChI is InChI=1S/C12H18N4O4/c1-3-20-8(2)7-14-12(17)10-6-9(15-13)4-5-11(10)16(18)19/h4-6,8,15H,3,7,13H2,1-2H3,(H,14,17). The van der Waals surface area contributed by atoms with Gasteiger partial charge in [0.25, 0.3) is 11.6 Å². The molecule has 1 atom stereocenters. The summed E-state index contributed by atoms with van der Waals surface area (Å²) >= 11 is 0. The van der Waals surface area contributed by atoms with Crippen LogP contribution in [0.1, 0.15) is 24.2 Å². The van der Waals surface area contributed by atoms with Crippen molar-refractivity contribution in [2.24, 2.45) is 5.84 Å². The number of nitro benzene ring substituents is 1. The molecule has 0 bridgehead atoms. The largest absolute Gasteiger partial charge is 0.377 e. The first-order valence-corrected chi connectivity index (χ1v) is 6.14. The summed E-state index contributed by atoms with van der Waals surface area (Å²) in [6, 6.07) is 3.99. The molecule has 8 heteroatoms. The predicted octanol–water partition coefficient (Wildman–Crippen LogP) is 1.04. The average molecular weight is 282 g/mol. The lowest BCUT2D eigenvalue weighted by atomic mass is 10.1. The molecule has 0 radical (unpaired) electrons. The number of nitrogens with one attached hydrogen (secondary N) is 2. The minimum absolute atomic E-state index is 0.0471. The second kappa shape index (κ2) is 7.41. The van der Waals surface area contributed by atoms with E-state index in [1.54, 1.807) is 6.92 Å². The molecule has 20 heavy (non-hydrogen) atoms. The van der Waals surface area contributed by atoms with E-state index in [1.807, 2.05) is 6.92 Å². The lowest BCUT2D eigenvalue weighted by Gasteiger charge is -2.13. The zero-order valence-corrected chi connectivity index (χ0v) is 11.4. The van der Waals surface area contributed by atoms with Crippen LogP contribution in [0, 0.1) is 10.1 Å². The Labute approximate surface area is 116 Å². The minimum atomic E-state index is -0.610. The van der Waals surface area contributed by atoms with Crippen molar-refractivity contribution in [3.63, 3.8) is 0 Å². The van der Waals surface area contributed by atoms with Gasteiger partial charge in [-0.15, -0.1) is 0 Å². The Morgan fingerprint density at radius 3 is 2.80 bits per heavy atom. The molecule has 1 aromatic carbocycles. The maximum atomic E-state index is 12.0. The van der Waals surface area contributed by atoms with Crippen molar-refractivity contribution in [1.29, 1.82) is 0 Å². The molecule has 1 aromatic rings. The molecule has 0 saturated carbocycles. The molecular formula is C12H18N4O4. The molecule has 0 heterocycles. The summed E-state index contributed by atoms with van der Waals surface area (Å²) in [6.45, 7) is 4.45. The van der Waals surface area contributed by atoms with Gasteiger partial charge in [0, 0.05) is 24.9 Å². The fraction of sp³-hybridized carbons (Fsp3) is 0.417. The van der Waals surface area contributed by atoms with Crippen molar-refractivity contribution in [3.05, 3.63) is 33.9 Å². The van der Waals surface area contributed by atoms with Crippen LogP contribution in [0.4, 0.5) is 11.4 Å². The molecule has 110 valence electrons. The number of anilines is 1. The molecule has 1 rings (SSSR count). The summed E-state index contributed by atoms with van der Waals surface area (Å²) in [6.07, 6.45) is -0.168. The summed E-state index contributed by atoms with van der Waals surface area (Å²) in [7, 11) is 0. The third-order valence-corrected chi connectivity index (χ3v) is 2.61. The monoisotopic (exact) mass is 282 g/mol. The van der Waals surface area contributed by atoms with E-state index in [9.17, 15) is 14.9 Å². The fourth-order valence-corrected chi connectivity index (χ4v) is 1.64. The van der Waals surface area contributed by atoms with Crippen molar-refractivity contribution in [2.75, 3.05) is 18.6 Å². The number of rotatable bonds is 7. The van der Waals surface area contributed by atoms with Gasteiger partial charge in [-0.3, -0.25) is 20.8 Å². The van der Waals surface area contributed by atoms with Crippen molar-refractivity contribution in [1.82, 2.24) is 5.32 Å². The molecule has 0 aliphatic carbocycles. The Hall–Kier alpha value is -2.19. The summed E-state index contributed by atoms with van der Waals surface area (Å²) in [4.78, 5) is 22.3. The molecule has 4 N–H and O–H groups in total. The molecule has 1 amide bonds. The van der Waals surface area contributed by atoms with Gasteiger partial charge in [0.2, 0.25) is 0 Å². The zero-order chi connectivity index (χ0) is 15.1. The van der Waals surface area contributed by atoms with Gasteiger partial charge in [0.15, 0.2) is 0 Å². The number of hydrazine groups is 1. The van der Waals surface area contributed by atoms with E-state index in [2.05, 4.69) is 10.7 Å². The number of hydrogen-bond acceptors (Lipinski definition) is 6. The first kappa shape index (κ1) is 15.9. The SMILES string of the molecule is CCOC(C)CNC(=O)c1cc(NN)ccc1[N+](=O)[O-]. The van der Waals surface area contributed by atoms with Crippen LogP contribution < -0.4 is 16.6 Å². The van der Waals surface area contributed by atoms with Crippen LogP contribution >= 0.6 is 0 Å². The number of nitrogen functional groups attached to an aromatic ring is 1. The van der Waals surface area contributed by atoms with Gasteiger partial charge in [-0.1, -0.05) is 0 Å². The van der Waals surface area contributed by atoms with Crippen LogP contribution in [0.25, 0.3) is 0 Å². The number of amides is 1. The number of ether oxygens (including phenoxy) is 1. The smallest absolute Gasteiger partial charge is 0.282 e. The number of nitro groups is 1. The Bertz CT molecular complexity index is 492. The molecule has 0 aliphatic rings. The van der Waals surface area contributed by atoms with Crippen molar-refractivity contribution in [2.45, 2.75) is 20.0 Å². The molecule has 0 fully saturated rings. The fourth-order valence-electron chi connectivity index (χ4n) is 1.64. The highest BCUT2D eigenvalue weighted by Crippen LogP contribution is 2.22. The van der Waals surface area contributed by atoms with Gasteiger partial charge in [0.05, 0.1) is 11.0 Å². The number of hydrogen-bond donors (Lipinski definition) is 3. The second-order valence-corrected chi connectivity index (χ2v) is 4.11. The van der Waals surface area contributed by atoms with Crippen molar-refractivity contribution < 1.29 is 14.5 Å². The summed E-state index contributed by atoms with van der Waals surface area (Å²) in [5.74, 6) is 4.69. The van der Waals surface area contributed by atoms with Crippen molar-refractivity contribution in [3.8, 4) is 0 Å². The molecule has 8 nitrogen and oxygen atoms in total. The lowest BCUT2D eigenvalue weighted by molar-refractivity contribution is -0.385. The second-order valence-electron chi connectivity index (χ2n) is 4.11. The van der Waals surface area contributed by atoms with Gasteiger partial charge in [-0.25, -0.2) is 0 Å². The molecule has 0 aliphatic heterocycles. The van der Waals surface area contributed by atoms with Gasteiger partial charge in [-0.05, 0) is 26.0 Å². The van der Waals surface area contributed by atoms with Crippen molar-refractivity contribution >= 4 is 17.3 Å². The maximum Gasteiger partial charge on any atom is 0.282 e. The van der Waals surface area contributed by atoms with Crippen LogP contribution in [0.2, 0.25) is 0 Å². The highest BCUT2D eigenvalue weighted by atomic mass is 16.6. The highest BCUT2D eigenvalue weighted by Gasteiger charge is 2.20. The van der Waals surface area contributed by atoms with Crippen LogP contribution in [-0.2, 0) is 4.74 Å². The Morgan fingerprint density at radius 2 is 2.25 bits per heavy atom. The number of nitrogens with two attached hydrogens (primary N) is 1. The van der Waals surface area contributed by atoms with Crippen LogP contribution in [0.15, 0.2) is 18.2 Å².